The summed E-state index contributed by atoms with van der Waals surface area (Å²) in [6, 6.07) is 9.77. The molecule has 4 rings (SSSR count). The zero-order valence-electron chi connectivity index (χ0n) is 14.9. The SMILES string of the molecule is O=c1c(Cl)c(N2CCC(Cn3ccnn3)CC2)cnn1Cc1ccccc1. The lowest BCUT2D eigenvalue weighted by molar-refractivity contribution is 0.339. The number of halogens is 1. The predicted molar refractivity (Wildman–Crippen MR) is 104 cm³/mol. The Labute approximate surface area is 162 Å². The van der Waals surface area contributed by atoms with Crippen molar-refractivity contribution in [1.82, 2.24) is 24.8 Å². The van der Waals surface area contributed by atoms with Crippen LogP contribution in [0.15, 0.2) is 53.7 Å². The van der Waals surface area contributed by atoms with E-state index in [1.807, 2.05) is 41.2 Å². The first-order chi connectivity index (χ1) is 13.2. The number of hydrogen-bond donors (Lipinski definition) is 0. The van der Waals surface area contributed by atoms with E-state index in [2.05, 4.69) is 20.3 Å². The smallest absolute Gasteiger partial charge is 0.287 e. The zero-order valence-corrected chi connectivity index (χ0v) is 15.7. The molecule has 140 valence electrons. The minimum absolute atomic E-state index is 0.246. The Balaban J connectivity index is 1.44. The summed E-state index contributed by atoms with van der Waals surface area (Å²) in [5, 5.41) is 12.5. The Bertz CT molecular complexity index is 933. The van der Waals surface area contributed by atoms with Crippen LogP contribution in [0.2, 0.25) is 5.02 Å². The third-order valence-corrected chi connectivity index (χ3v) is 5.37. The molecule has 0 spiro atoms. The second kappa shape index (κ2) is 7.92. The third kappa shape index (κ3) is 4.03. The van der Waals surface area contributed by atoms with Crippen molar-refractivity contribution in [3.05, 3.63) is 69.9 Å². The highest BCUT2D eigenvalue weighted by Crippen LogP contribution is 2.27. The van der Waals surface area contributed by atoms with E-state index in [4.69, 9.17) is 11.6 Å². The predicted octanol–water partition coefficient (Wildman–Crippen LogP) is 2.45. The van der Waals surface area contributed by atoms with Gasteiger partial charge in [-0.2, -0.15) is 5.10 Å². The van der Waals surface area contributed by atoms with Gasteiger partial charge in [0.15, 0.2) is 0 Å². The number of nitrogens with zero attached hydrogens (tertiary/aromatic N) is 6. The number of anilines is 1. The van der Waals surface area contributed by atoms with E-state index >= 15 is 0 Å². The topological polar surface area (TPSA) is 68.8 Å². The minimum atomic E-state index is -0.247. The molecule has 7 nitrogen and oxygen atoms in total. The minimum Gasteiger partial charge on any atom is -0.369 e. The molecule has 0 unspecified atom stereocenters. The fraction of sp³-hybridized carbons (Fsp3) is 0.368. The number of piperidine rings is 1. The molecule has 1 fully saturated rings. The van der Waals surface area contributed by atoms with Crippen LogP contribution in [0.1, 0.15) is 18.4 Å². The molecule has 0 aliphatic carbocycles. The molecule has 1 aliphatic rings. The molecule has 1 saturated heterocycles. The summed E-state index contributed by atoms with van der Waals surface area (Å²) in [6.45, 7) is 2.99. The lowest BCUT2D eigenvalue weighted by Gasteiger charge is -2.33. The van der Waals surface area contributed by atoms with Crippen molar-refractivity contribution in [1.29, 1.82) is 0 Å². The van der Waals surface area contributed by atoms with Crippen LogP contribution in [-0.4, -0.2) is 37.9 Å². The fourth-order valence-electron chi connectivity index (χ4n) is 3.50. The molecule has 1 aliphatic heterocycles. The van der Waals surface area contributed by atoms with Crippen molar-refractivity contribution < 1.29 is 0 Å². The van der Waals surface area contributed by atoms with E-state index in [-0.39, 0.29) is 10.6 Å². The molecule has 8 heteroatoms. The van der Waals surface area contributed by atoms with Crippen molar-refractivity contribution in [3.8, 4) is 0 Å². The molecule has 2 aromatic heterocycles. The van der Waals surface area contributed by atoms with Crippen LogP contribution in [0.25, 0.3) is 0 Å². The van der Waals surface area contributed by atoms with Crippen LogP contribution in [0.4, 0.5) is 5.69 Å². The molecule has 0 amide bonds. The van der Waals surface area contributed by atoms with Gasteiger partial charge in [-0.3, -0.25) is 9.48 Å². The van der Waals surface area contributed by atoms with Crippen LogP contribution >= 0.6 is 11.6 Å². The second-order valence-electron chi connectivity index (χ2n) is 6.85. The van der Waals surface area contributed by atoms with Crippen molar-refractivity contribution in [3.63, 3.8) is 0 Å². The van der Waals surface area contributed by atoms with Gasteiger partial charge < -0.3 is 4.90 Å². The highest BCUT2D eigenvalue weighted by molar-refractivity contribution is 6.33. The third-order valence-electron chi connectivity index (χ3n) is 5.01. The lowest BCUT2D eigenvalue weighted by Crippen LogP contribution is -2.37. The Morgan fingerprint density at radius 1 is 1.15 bits per heavy atom. The molecule has 0 saturated carbocycles. The van der Waals surface area contributed by atoms with Crippen LogP contribution in [-0.2, 0) is 13.1 Å². The van der Waals surface area contributed by atoms with Crippen molar-refractivity contribution in [2.45, 2.75) is 25.9 Å². The van der Waals surface area contributed by atoms with E-state index in [1.54, 1.807) is 12.4 Å². The van der Waals surface area contributed by atoms with Crippen LogP contribution < -0.4 is 10.5 Å². The Morgan fingerprint density at radius 2 is 1.93 bits per heavy atom. The van der Waals surface area contributed by atoms with E-state index < -0.39 is 0 Å². The average Bonchev–Trinajstić information content (AvgIpc) is 3.20. The zero-order chi connectivity index (χ0) is 18.6. The quantitative estimate of drug-likeness (QED) is 0.675. The van der Waals surface area contributed by atoms with E-state index in [0.29, 0.717) is 12.5 Å². The van der Waals surface area contributed by atoms with Crippen LogP contribution in [0, 0.1) is 5.92 Å². The lowest BCUT2D eigenvalue weighted by atomic mass is 9.96. The van der Waals surface area contributed by atoms with Crippen molar-refractivity contribution >= 4 is 17.3 Å². The Kier molecular flexibility index (Phi) is 5.20. The summed E-state index contributed by atoms with van der Waals surface area (Å²) < 4.78 is 3.29. The molecule has 0 atom stereocenters. The number of aromatic nitrogens is 5. The average molecular weight is 385 g/mol. The molecular formula is C19H21ClN6O. The molecule has 1 aromatic carbocycles. The molecule has 0 radical (unpaired) electrons. The highest BCUT2D eigenvalue weighted by atomic mass is 35.5. The van der Waals surface area contributed by atoms with Gasteiger partial charge in [0.2, 0.25) is 0 Å². The van der Waals surface area contributed by atoms with Gasteiger partial charge in [0.1, 0.15) is 5.02 Å². The highest BCUT2D eigenvalue weighted by Gasteiger charge is 2.23. The van der Waals surface area contributed by atoms with E-state index in [0.717, 1.165) is 43.7 Å². The van der Waals surface area contributed by atoms with Gasteiger partial charge in [-0.15, -0.1) is 5.10 Å². The first kappa shape index (κ1) is 17.7. The van der Waals surface area contributed by atoms with Crippen LogP contribution in [0.5, 0.6) is 0 Å². The van der Waals surface area contributed by atoms with Crippen LogP contribution in [0.3, 0.4) is 0 Å². The second-order valence-corrected chi connectivity index (χ2v) is 7.23. The maximum Gasteiger partial charge on any atom is 0.287 e. The van der Waals surface area contributed by atoms with Gasteiger partial charge in [-0.1, -0.05) is 47.1 Å². The molecule has 3 aromatic rings. The summed E-state index contributed by atoms with van der Waals surface area (Å²) in [5.41, 5.74) is 1.50. The van der Waals surface area contributed by atoms with Crippen molar-refractivity contribution in [2.75, 3.05) is 18.0 Å². The largest absolute Gasteiger partial charge is 0.369 e. The fourth-order valence-corrected chi connectivity index (χ4v) is 3.76. The number of benzene rings is 1. The number of hydrogen-bond acceptors (Lipinski definition) is 5. The van der Waals surface area contributed by atoms with E-state index in [1.165, 1.54) is 4.68 Å². The van der Waals surface area contributed by atoms with Gasteiger partial charge in [0.25, 0.3) is 5.56 Å². The Morgan fingerprint density at radius 3 is 2.63 bits per heavy atom. The summed E-state index contributed by atoms with van der Waals surface area (Å²) >= 11 is 6.41. The van der Waals surface area contributed by atoms with Gasteiger partial charge in [0, 0.05) is 25.8 Å². The van der Waals surface area contributed by atoms with E-state index in [9.17, 15) is 4.79 Å². The first-order valence-electron chi connectivity index (χ1n) is 9.09. The Hall–Kier alpha value is -2.67. The normalized spacial score (nSPS) is 15.2. The summed E-state index contributed by atoms with van der Waals surface area (Å²) in [7, 11) is 0. The first-order valence-corrected chi connectivity index (χ1v) is 9.47. The van der Waals surface area contributed by atoms with Gasteiger partial charge in [0.05, 0.1) is 24.6 Å². The summed E-state index contributed by atoms with van der Waals surface area (Å²) in [4.78, 5) is 14.8. The number of rotatable bonds is 5. The maximum atomic E-state index is 12.6. The molecular weight excluding hydrogens is 364 g/mol. The van der Waals surface area contributed by atoms with Gasteiger partial charge in [-0.05, 0) is 24.3 Å². The maximum absolute atomic E-state index is 12.6. The molecule has 0 N–H and O–H groups in total. The molecule has 3 heterocycles. The monoisotopic (exact) mass is 384 g/mol. The summed E-state index contributed by atoms with van der Waals surface area (Å²) in [6.07, 6.45) is 7.33. The molecule has 0 bridgehead atoms. The van der Waals surface area contributed by atoms with Gasteiger partial charge in [-0.25, -0.2) is 4.68 Å². The standard InChI is InChI=1S/C19H21ClN6O/c20-18-17(12-22-26(19(18)27)14-15-4-2-1-3-5-15)24-9-6-16(7-10-24)13-25-11-8-21-23-25/h1-5,8,11-12,16H,6-7,9-10,13-14H2. The molecule has 27 heavy (non-hydrogen) atoms. The summed E-state index contributed by atoms with van der Waals surface area (Å²) in [5.74, 6) is 0.549. The van der Waals surface area contributed by atoms with Gasteiger partial charge >= 0.3 is 0 Å². The van der Waals surface area contributed by atoms with Crippen molar-refractivity contribution in [2.24, 2.45) is 5.92 Å².